The Balaban J connectivity index is 1.39. The third kappa shape index (κ3) is 4.86. The van der Waals surface area contributed by atoms with Gasteiger partial charge in [-0.1, -0.05) is 24.3 Å². The van der Waals surface area contributed by atoms with E-state index in [1.807, 2.05) is 0 Å². The summed E-state index contributed by atoms with van der Waals surface area (Å²) in [4.78, 5) is 14.2. The molecule has 0 aliphatic carbocycles. The number of rotatable bonds is 6. The molecule has 25 heavy (non-hydrogen) atoms. The highest BCUT2D eigenvalue weighted by Gasteiger charge is 2.15. The van der Waals surface area contributed by atoms with Gasteiger partial charge in [0.05, 0.1) is 0 Å². The zero-order valence-electron chi connectivity index (χ0n) is 14.1. The van der Waals surface area contributed by atoms with Gasteiger partial charge in [0.15, 0.2) is 0 Å². The van der Waals surface area contributed by atoms with Gasteiger partial charge in [-0.2, -0.15) is 0 Å². The molecule has 2 aromatic rings. The second-order valence-electron chi connectivity index (χ2n) is 6.38. The molecule has 0 spiro atoms. The van der Waals surface area contributed by atoms with Gasteiger partial charge in [0.25, 0.3) is 0 Å². The van der Waals surface area contributed by atoms with E-state index in [-0.39, 0.29) is 24.3 Å². The Morgan fingerprint density at radius 1 is 1.12 bits per heavy atom. The van der Waals surface area contributed by atoms with Crippen LogP contribution in [0.25, 0.3) is 0 Å². The zero-order chi connectivity index (χ0) is 17.6. The molecule has 0 saturated heterocycles. The topological polar surface area (TPSA) is 32.3 Å². The molecular weight excluding hydrogens is 322 g/mol. The number of halogens is 2. The molecule has 1 N–H and O–H groups in total. The van der Waals surface area contributed by atoms with Gasteiger partial charge in [-0.25, -0.2) is 8.78 Å². The lowest BCUT2D eigenvalue weighted by molar-refractivity contribution is -0.121. The first-order valence-electron chi connectivity index (χ1n) is 8.61. The Labute approximate surface area is 146 Å². The fraction of sp³-hybridized carbons (Fsp3) is 0.350. The zero-order valence-corrected chi connectivity index (χ0v) is 14.1. The van der Waals surface area contributed by atoms with Crippen LogP contribution in [0, 0.1) is 11.6 Å². The molecule has 132 valence electrons. The normalized spacial score (nSPS) is 14.2. The highest BCUT2D eigenvalue weighted by atomic mass is 19.1. The van der Waals surface area contributed by atoms with E-state index in [2.05, 4.69) is 34.5 Å². The molecular formula is C20H22F2N2O. The quantitative estimate of drug-likeness (QED) is 0.873. The Hall–Kier alpha value is -2.27. The number of hydrogen-bond acceptors (Lipinski definition) is 2. The molecule has 0 unspecified atom stereocenters. The molecule has 0 fully saturated rings. The van der Waals surface area contributed by atoms with E-state index in [0.29, 0.717) is 6.54 Å². The lowest BCUT2D eigenvalue weighted by Gasteiger charge is -2.28. The van der Waals surface area contributed by atoms with Crippen molar-refractivity contribution in [2.45, 2.75) is 25.8 Å². The number of carbonyl (C=O) groups is 1. The molecule has 3 rings (SSSR count). The molecule has 5 heteroatoms. The molecule has 0 aromatic heterocycles. The largest absolute Gasteiger partial charge is 0.355 e. The van der Waals surface area contributed by atoms with Gasteiger partial charge in [-0.3, -0.25) is 9.69 Å². The first-order chi connectivity index (χ1) is 12.1. The van der Waals surface area contributed by atoms with E-state index in [4.69, 9.17) is 0 Å². The molecule has 2 aromatic carbocycles. The van der Waals surface area contributed by atoms with Crippen LogP contribution < -0.4 is 5.32 Å². The van der Waals surface area contributed by atoms with Crippen molar-refractivity contribution in [3.63, 3.8) is 0 Å². The summed E-state index contributed by atoms with van der Waals surface area (Å²) in [6, 6.07) is 11.7. The minimum Gasteiger partial charge on any atom is -0.355 e. The van der Waals surface area contributed by atoms with Crippen LogP contribution in [0.5, 0.6) is 0 Å². The van der Waals surface area contributed by atoms with Crippen LogP contribution in [-0.4, -0.2) is 30.4 Å². The van der Waals surface area contributed by atoms with Crippen molar-refractivity contribution in [2.24, 2.45) is 0 Å². The van der Waals surface area contributed by atoms with Gasteiger partial charge in [0, 0.05) is 32.6 Å². The smallest absolute Gasteiger partial charge is 0.220 e. The van der Waals surface area contributed by atoms with Crippen molar-refractivity contribution in [1.29, 1.82) is 0 Å². The first-order valence-corrected chi connectivity index (χ1v) is 8.61. The standard InChI is InChI=1S/C20H22F2N2O/c21-18-6-7-19(22)16(13-18)5-8-20(25)23-10-12-24-11-9-15-3-1-2-4-17(15)14-24/h1-4,6-7,13H,5,8-12,14H2,(H,23,25). The molecule has 0 atom stereocenters. The number of nitrogens with zero attached hydrogens (tertiary/aromatic N) is 1. The number of fused-ring (bicyclic) bond motifs is 1. The molecule has 0 bridgehead atoms. The van der Waals surface area contributed by atoms with Crippen LogP contribution >= 0.6 is 0 Å². The van der Waals surface area contributed by atoms with Crippen molar-refractivity contribution >= 4 is 5.91 Å². The maximum atomic E-state index is 13.5. The Bertz CT molecular complexity index is 748. The van der Waals surface area contributed by atoms with Crippen molar-refractivity contribution in [3.8, 4) is 0 Å². The Kier molecular flexibility index (Phi) is 5.76. The van der Waals surface area contributed by atoms with E-state index in [0.717, 1.165) is 44.3 Å². The highest BCUT2D eigenvalue weighted by molar-refractivity contribution is 5.76. The van der Waals surface area contributed by atoms with Crippen molar-refractivity contribution < 1.29 is 13.6 Å². The highest BCUT2D eigenvalue weighted by Crippen LogP contribution is 2.17. The Morgan fingerprint density at radius 3 is 2.76 bits per heavy atom. The Morgan fingerprint density at radius 2 is 1.92 bits per heavy atom. The molecule has 3 nitrogen and oxygen atoms in total. The van der Waals surface area contributed by atoms with Crippen molar-refractivity contribution in [2.75, 3.05) is 19.6 Å². The average molecular weight is 344 g/mol. The second-order valence-corrected chi connectivity index (χ2v) is 6.38. The molecule has 1 heterocycles. The molecule has 1 amide bonds. The van der Waals surface area contributed by atoms with Gasteiger partial charge >= 0.3 is 0 Å². The van der Waals surface area contributed by atoms with Crippen LogP contribution in [0.15, 0.2) is 42.5 Å². The van der Waals surface area contributed by atoms with Gasteiger partial charge in [-0.05, 0) is 47.7 Å². The third-order valence-corrected chi connectivity index (χ3v) is 4.59. The number of benzene rings is 2. The summed E-state index contributed by atoms with van der Waals surface area (Å²) >= 11 is 0. The van der Waals surface area contributed by atoms with Gasteiger partial charge in [-0.15, -0.1) is 0 Å². The summed E-state index contributed by atoms with van der Waals surface area (Å²) in [7, 11) is 0. The summed E-state index contributed by atoms with van der Waals surface area (Å²) < 4.78 is 26.6. The summed E-state index contributed by atoms with van der Waals surface area (Å²) in [5.74, 6) is -1.09. The molecule has 0 saturated carbocycles. The fourth-order valence-corrected chi connectivity index (χ4v) is 3.17. The minimum absolute atomic E-state index is 0.138. The van der Waals surface area contributed by atoms with E-state index in [1.165, 1.54) is 11.1 Å². The average Bonchev–Trinajstić information content (AvgIpc) is 2.62. The predicted octanol–water partition coefficient (Wildman–Crippen LogP) is 3.07. The SMILES string of the molecule is O=C(CCc1cc(F)ccc1F)NCCN1CCc2ccccc2C1. The lowest BCUT2D eigenvalue weighted by Crippen LogP contribution is -2.37. The number of amides is 1. The van der Waals surface area contributed by atoms with E-state index < -0.39 is 11.6 Å². The summed E-state index contributed by atoms with van der Waals surface area (Å²) in [5, 5.41) is 2.86. The van der Waals surface area contributed by atoms with E-state index in [9.17, 15) is 13.6 Å². The summed E-state index contributed by atoms with van der Waals surface area (Å²) in [6.07, 6.45) is 1.39. The molecule has 1 aliphatic rings. The van der Waals surface area contributed by atoms with Gasteiger partial charge in [0.1, 0.15) is 11.6 Å². The minimum atomic E-state index is -0.484. The van der Waals surface area contributed by atoms with Crippen LogP contribution in [0.1, 0.15) is 23.1 Å². The lowest BCUT2D eigenvalue weighted by atomic mass is 10.00. The van der Waals surface area contributed by atoms with Crippen LogP contribution in [0.4, 0.5) is 8.78 Å². The number of carbonyl (C=O) groups excluding carboxylic acids is 1. The van der Waals surface area contributed by atoms with Crippen LogP contribution in [0.3, 0.4) is 0 Å². The van der Waals surface area contributed by atoms with Gasteiger partial charge < -0.3 is 5.32 Å². The van der Waals surface area contributed by atoms with Crippen LogP contribution in [0.2, 0.25) is 0 Å². The number of hydrogen-bond donors (Lipinski definition) is 1. The number of aryl methyl sites for hydroxylation is 1. The summed E-state index contributed by atoms with van der Waals surface area (Å²) in [6.45, 7) is 3.24. The second kappa shape index (κ2) is 8.21. The van der Waals surface area contributed by atoms with E-state index in [1.54, 1.807) is 0 Å². The first kappa shape index (κ1) is 17.5. The predicted molar refractivity (Wildman–Crippen MR) is 93.1 cm³/mol. The van der Waals surface area contributed by atoms with Crippen molar-refractivity contribution in [3.05, 3.63) is 70.8 Å². The monoisotopic (exact) mass is 344 g/mol. The molecule has 1 aliphatic heterocycles. The van der Waals surface area contributed by atoms with E-state index >= 15 is 0 Å². The maximum absolute atomic E-state index is 13.5. The third-order valence-electron chi connectivity index (χ3n) is 4.59. The maximum Gasteiger partial charge on any atom is 0.220 e. The number of nitrogens with one attached hydrogen (secondary N) is 1. The van der Waals surface area contributed by atoms with Crippen molar-refractivity contribution in [1.82, 2.24) is 10.2 Å². The van der Waals surface area contributed by atoms with Gasteiger partial charge in [0.2, 0.25) is 5.91 Å². The summed E-state index contributed by atoms with van der Waals surface area (Å²) in [5.41, 5.74) is 2.99. The molecule has 0 radical (unpaired) electrons. The van der Waals surface area contributed by atoms with Crippen LogP contribution in [-0.2, 0) is 24.2 Å². The fourth-order valence-electron chi connectivity index (χ4n) is 3.17.